The molecule has 0 radical (unpaired) electrons. The molecular formula is C46H47F2N9O6S. The number of amides is 1. The molecular weight excluding hydrogens is 845 g/mol. The van der Waals surface area contributed by atoms with Crippen LogP contribution in [0.15, 0.2) is 81.1 Å². The molecule has 10 rings (SSSR count). The van der Waals surface area contributed by atoms with E-state index in [0.717, 1.165) is 33.9 Å². The Bertz CT molecular complexity index is 3260. The molecule has 1 aliphatic carbocycles. The summed E-state index contributed by atoms with van der Waals surface area (Å²) in [4.78, 5) is 46.9. The Balaban J connectivity index is 1.11. The van der Waals surface area contributed by atoms with Crippen molar-refractivity contribution in [3.63, 3.8) is 0 Å². The summed E-state index contributed by atoms with van der Waals surface area (Å²) >= 11 is 0. The van der Waals surface area contributed by atoms with Crippen molar-refractivity contribution in [3.05, 3.63) is 145 Å². The molecule has 1 amide bonds. The van der Waals surface area contributed by atoms with Crippen molar-refractivity contribution >= 4 is 26.5 Å². The first-order valence-corrected chi connectivity index (χ1v) is 23.5. The number of imidazole rings is 1. The van der Waals surface area contributed by atoms with Crippen LogP contribution in [0.5, 0.6) is 0 Å². The molecule has 64 heavy (non-hydrogen) atoms. The largest absolute Gasteiger partial charge is 0.438 e. The summed E-state index contributed by atoms with van der Waals surface area (Å²) in [7, 11) is -2.95. The number of benzene rings is 3. The average molecular weight is 892 g/mol. The number of aromatic nitrogens is 7. The predicted molar refractivity (Wildman–Crippen MR) is 234 cm³/mol. The molecule has 4 atom stereocenters. The fraction of sp³-hybridized carbons (Fsp3) is 0.370. The molecule has 1 saturated carbocycles. The zero-order valence-electron chi connectivity index (χ0n) is 36.0. The monoisotopic (exact) mass is 891 g/mol. The van der Waals surface area contributed by atoms with Crippen molar-refractivity contribution in [1.82, 2.24) is 38.5 Å². The topological polar surface area (TPSA) is 179 Å². The Morgan fingerprint density at radius 3 is 2.38 bits per heavy atom. The Kier molecular flexibility index (Phi) is 9.82. The number of halogens is 2. The third-order valence-electron chi connectivity index (χ3n) is 13.4. The van der Waals surface area contributed by atoms with Crippen LogP contribution in [0.1, 0.15) is 94.9 Å². The third-order valence-corrected chi connectivity index (χ3v) is 14.2. The van der Waals surface area contributed by atoms with E-state index in [1.165, 1.54) is 35.3 Å². The lowest BCUT2D eigenvalue weighted by molar-refractivity contribution is 0.0663. The predicted octanol–water partition coefficient (Wildman–Crippen LogP) is 6.95. The first kappa shape index (κ1) is 41.6. The Labute approximate surface area is 366 Å². The van der Waals surface area contributed by atoms with E-state index in [1.807, 2.05) is 30.5 Å². The fourth-order valence-corrected chi connectivity index (χ4v) is 10.9. The van der Waals surface area contributed by atoms with E-state index in [0.29, 0.717) is 82.9 Å². The molecule has 0 spiro atoms. The summed E-state index contributed by atoms with van der Waals surface area (Å²) in [5, 5.41) is 10.0. The zero-order valence-corrected chi connectivity index (χ0v) is 36.8. The van der Waals surface area contributed by atoms with Crippen LogP contribution in [-0.2, 0) is 32.2 Å². The van der Waals surface area contributed by atoms with E-state index in [4.69, 9.17) is 19.1 Å². The van der Waals surface area contributed by atoms with Gasteiger partial charge >= 0.3 is 11.4 Å². The minimum Gasteiger partial charge on any atom is -0.381 e. The minimum absolute atomic E-state index is 0.00831. The van der Waals surface area contributed by atoms with E-state index in [-0.39, 0.29) is 35.6 Å². The second-order valence-corrected chi connectivity index (χ2v) is 20.0. The van der Waals surface area contributed by atoms with Crippen molar-refractivity contribution in [1.29, 1.82) is 4.78 Å². The number of ether oxygens (including phenoxy) is 1. The molecule has 2 aliphatic heterocycles. The van der Waals surface area contributed by atoms with Crippen LogP contribution in [0.2, 0.25) is 0 Å². The number of nitrogens with one attached hydrogen (secondary N) is 2. The van der Waals surface area contributed by atoms with Crippen LogP contribution >= 0.6 is 0 Å². The van der Waals surface area contributed by atoms with Gasteiger partial charge in [-0.05, 0) is 117 Å². The first-order valence-electron chi connectivity index (χ1n) is 21.3. The van der Waals surface area contributed by atoms with E-state index in [9.17, 15) is 13.8 Å². The Hall–Kier alpha value is -6.40. The van der Waals surface area contributed by atoms with E-state index >= 15 is 13.6 Å². The number of carbonyl (C=O) groups excluding carboxylic acids is 1. The maximum absolute atomic E-state index is 15.7. The van der Waals surface area contributed by atoms with Gasteiger partial charge in [-0.3, -0.25) is 28.2 Å². The van der Waals surface area contributed by atoms with Crippen molar-refractivity contribution in [2.24, 2.45) is 5.92 Å². The van der Waals surface area contributed by atoms with Gasteiger partial charge in [0.25, 0.3) is 5.91 Å². The number of hydrogen-bond acceptors (Lipinski definition) is 9. The summed E-state index contributed by atoms with van der Waals surface area (Å²) in [6.45, 7) is 8.87. The van der Waals surface area contributed by atoms with Crippen LogP contribution in [0.3, 0.4) is 0 Å². The van der Waals surface area contributed by atoms with E-state index in [2.05, 4.69) is 22.3 Å². The molecule has 15 nitrogen and oxygen atoms in total. The van der Waals surface area contributed by atoms with Crippen LogP contribution < -0.4 is 11.4 Å². The summed E-state index contributed by atoms with van der Waals surface area (Å²) in [5.41, 5.74) is 3.64. The zero-order chi connectivity index (χ0) is 45.0. The van der Waals surface area contributed by atoms with Gasteiger partial charge in [0, 0.05) is 71.0 Å². The Morgan fingerprint density at radius 2 is 1.72 bits per heavy atom. The third kappa shape index (κ3) is 6.76. The van der Waals surface area contributed by atoms with Gasteiger partial charge in [0.05, 0.1) is 28.9 Å². The summed E-state index contributed by atoms with van der Waals surface area (Å²) < 4.78 is 67.6. The molecule has 0 unspecified atom stereocenters. The van der Waals surface area contributed by atoms with Gasteiger partial charge in [-0.15, -0.1) is 0 Å². The summed E-state index contributed by atoms with van der Waals surface area (Å²) in [6.07, 6.45) is 6.93. The number of fused-ring (bicyclic) bond motifs is 2. The van der Waals surface area contributed by atoms with Crippen molar-refractivity contribution in [3.8, 4) is 17.2 Å². The van der Waals surface area contributed by atoms with E-state index < -0.39 is 38.6 Å². The van der Waals surface area contributed by atoms with Gasteiger partial charge in [-0.1, -0.05) is 24.2 Å². The second kappa shape index (κ2) is 15.1. The second-order valence-electron chi connectivity index (χ2n) is 17.7. The van der Waals surface area contributed by atoms with Gasteiger partial charge in [0.15, 0.2) is 5.82 Å². The number of H-pyrrole nitrogens is 1. The number of carbonyl (C=O) groups is 1. The number of hydrogen-bond donors (Lipinski definition) is 2. The van der Waals surface area contributed by atoms with Gasteiger partial charge in [-0.2, -0.15) is 5.10 Å². The molecule has 2 fully saturated rings. The molecule has 1 saturated heterocycles. The van der Waals surface area contributed by atoms with Gasteiger partial charge in [0.1, 0.15) is 28.7 Å². The summed E-state index contributed by atoms with van der Waals surface area (Å²) in [5.74, 6) is -1.28. The van der Waals surface area contributed by atoms with Crippen LogP contribution in [0.4, 0.5) is 8.78 Å². The lowest BCUT2D eigenvalue weighted by Crippen LogP contribution is -2.41. The van der Waals surface area contributed by atoms with Gasteiger partial charge in [-0.25, -0.2) is 27.3 Å². The Morgan fingerprint density at radius 1 is 1.00 bits per heavy atom. The highest BCUT2D eigenvalue weighted by atomic mass is 32.2. The number of nitrogens with zero attached hydrogens (tertiary/aromatic N) is 7. The molecule has 18 heteroatoms. The number of aromatic amines is 1. The molecule has 6 heterocycles. The van der Waals surface area contributed by atoms with Crippen LogP contribution in [0, 0.1) is 36.2 Å². The normalized spacial score (nSPS) is 21.0. The highest BCUT2D eigenvalue weighted by Crippen LogP contribution is 2.56. The molecule has 3 aliphatic rings. The summed E-state index contributed by atoms with van der Waals surface area (Å²) in [6, 6.07) is 15.0. The fourth-order valence-electron chi connectivity index (χ4n) is 10.1. The molecule has 3 aromatic carbocycles. The maximum Gasteiger partial charge on any atom is 0.438 e. The SMILES string of the molecule is Cc1cc(-n2nc3c(c2-n2ccn(-c4ccc(C[S@](C)(=N)=O)cc4F)c2=O)[C@H](C)N(C(=O)c2cc4cc(C5CCOCC5)ccc4n2[C@@]2(c4noc(=O)[nH]4)C[C@@H]2C)CC3)cc(C)c1F. The van der Waals surface area contributed by atoms with Crippen molar-refractivity contribution < 1.29 is 27.0 Å². The molecule has 332 valence electrons. The smallest absolute Gasteiger partial charge is 0.381 e. The van der Waals surface area contributed by atoms with Crippen LogP contribution in [-0.4, -0.2) is 74.7 Å². The number of aryl methyl sites for hydroxylation is 2. The van der Waals surface area contributed by atoms with Crippen molar-refractivity contribution in [2.45, 2.75) is 76.6 Å². The number of rotatable bonds is 9. The maximum atomic E-state index is 15.7. The van der Waals surface area contributed by atoms with Crippen molar-refractivity contribution in [2.75, 3.05) is 26.0 Å². The highest BCUT2D eigenvalue weighted by Gasteiger charge is 2.59. The van der Waals surface area contributed by atoms with Gasteiger partial charge < -0.3 is 14.2 Å². The highest BCUT2D eigenvalue weighted by molar-refractivity contribution is 7.90. The standard InChI is InChI=1S/C46H47F2N9O6S/c1-25-18-33(19-26(2)40(25)48)57-41(55-15-14-54(45(55)60)37-8-6-29(20-34(37)47)24-64(5,49)61)39-28(4)53(13-10-35(39)51-57)42(58)38-22-32-21-31(30-11-16-62-17-12-30)7-9-36(32)56(38)46(23-27(46)3)43-50-44(59)63-52-43/h6-9,14-15,18-22,27-28,30,49H,10-13,16-17,23-24H2,1-5H3,(H,50,52,59)/t27-,28-,46-,64+/m0/s1. The lowest BCUT2D eigenvalue weighted by Gasteiger charge is -2.34. The lowest BCUT2D eigenvalue weighted by atomic mass is 9.91. The average Bonchev–Trinajstić information content (AvgIpc) is 3.74. The first-order chi connectivity index (χ1) is 30.5. The van der Waals surface area contributed by atoms with Gasteiger partial charge in [0.2, 0.25) is 0 Å². The molecule has 2 N–H and O–H groups in total. The minimum atomic E-state index is -2.95. The molecule has 4 aromatic heterocycles. The van der Waals surface area contributed by atoms with E-state index in [1.54, 1.807) is 41.6 Å². The van der Waals surface area contributed by atoms with Crippen LogP contribution in [0.25, 0.3) is 28.1 Å². The quantitative estimate of drug-likeness (QED) is 0.156. The molecule has 0 bridgehead atoms. The molecule has 7 aromatic rings.